The number of benzene rings is 1. The SMILES string of the molecule is CCOC1=N[C@@H](N2CCC(N(C)C)C2)N(c2cc(F)c3nn(C)cc3c2)C=C1. The maximum absolute atomic E-state index is 14.7. The van der Waals surface area contributed by atoms with Crippen LogP contribution in [0.3, 0.4) is 0 Å². The van der Waals surface area contributed by atoms with Gasteiger partial charge in [0.2, 0.25) is 5.90 Å². The summed E-state index contributed by atoms with van der Waals surface area (Å²) in [5.41, 5.74) is 1.14. The average molecular weight is 386 g/mol. The molecule has 1 aromatic heterocycles. The van der Waals surface area contributed by atoms with Crippen LogP contribution < -0.4 is 4.90 Å². The maximum Gasteiger partial charge on any atom is 0.213 e. The second-order valence-electron chi connectivity index (χ2n) is 7.54. The first kappa shape index (κ1) is 18.9. The van der Waals surface area contributed by atoms with Crippen LogP contribution in [0.15, 0.2) is 35.6 Å². The van der Waals surface area contributed by atoms with E-state index < -0.39 is 0 Å². The molecule has 0 aliphatic carbocycles. The average Bonchev–Trinajstić information content (AvgIpc) is 3.28. The first-order valence-electron chi connectivity index (χ1n) is 9.66. The Morgan fingerprint density at radius 1 is 1.32 bits per heavy atom. The van der Waals surface area contributed by atoms with E-state index in [4.69, 9.17) is 9.73 Å². The van der Waals surface area contributed by atoms with E-state index in [0.29, 0.717) is 24.1 Å². The van der Waals surface area contributed by atoms with Gasteiger partial charge in [-0.15, -0.1) is 0 Å². The topological polar surface area (TPSA) is 49.1 Å². The third-order valence-electron chi connectivity index (χ3n) is 5.37. The lowest BCUT2D eigenvalue weighted by atomic mass is 10.2. The highest BCUT2D eigenvalue weighted by Gasteiger charge is 2.34. The monoisotopic (exact) mass is 386 g/mol. The predicted octanol–water partition coefficient (Wildman–Crippen LogP) is 2.40. The Hall–Kier alpha value is -2.45. The van der Waals surface area contributed by atoms with Crippen molar-refractivity contribution >= 4 is 22.5 Å². The Balaban J connectivity index is 1.69. The van der Waals surface area contributed by atoms with Crippen molar-refractivity contribution < 1.29 is 9.13 Å². The predicted molar refractivity (Wildman–Crippen MR) is 109 cm³/mol. The summed E-state index contributed by atoms with van der Waals surface area (Å²) in [7, 11) is 6.01. The molecule has 4 rings (SSSR count). The fourth-order valence-corrected chi connectivity index (χ4v) is 3.90. The Morgan fingerprint density at radius 3 is 2.86 bits per heavy atom. The first-order chi connectivity index (χ1) is 13.5. The van der Waals surface area contributed by atoms with Crippen LogP contribution in [0.25, 0.3) is 10.9 Å². The lowest BCUT2D eigenvalue weighted by Gasteiger charge is -2.36. The fraction of sp³-hybridized carbons (Fsp3) is 0.500. The van der Waals surface area contributed by atoms with Crippen molar-refractivity contribution in [1.29, 1.82) is 0 Å². The van der Waals surface area contributed by atoms with Gasteiger partial charge in [-0.2, -0.15) is 5.10 Å². The van der Waals surface area contributed by atoms with E-state index >= 15 is 0 Å². The summed E-state index contributed by atoms with van der Waals surface area (Å²) in [6.07, 6.45) is 6.42. The summed E-state index contributed by atoms with van der Waals surface area (Å²) in [6.45, 7) is 4.34. The zero-order valence-corrected chi connectivity index (χ0v) is 16.8. The second-order valence-corrected chi connectivity index (χ2v) is 7.54. The van der Waals surface area contributed by atoms with E-state index in [-0.39, 0.29) is 12.1 Å². The van der Waals surface area contributed by atoms with Gasteiger partial charge >= 0.3 is 0 Å². The van der Waals surface area contributed by atoms with E-state index in [9.17, 15) is 4.39 Å². The second kappa shape index (κ2) is 7.52. The molecular formula is C20H27FN6O. The van der Waals surface area contributed by atoms with Crippen LogP contribution in [0.5, 0.6) is 0 Å². The van der Waals surface area contributed by atoms with Crippen molar-refractivity contribution in [2.75, 3.05) is 38.7 Å². The third kappa shape index (κ3) is 3.49. The van der Waals surface area contributed by atoms with Crippen LogP contribution >= 0.6 is 0 Å². The van der Waals surface area contributed by atoms with Gasteiger partial charge in [0.1, 0.15) is 5.52 Å². The molecule has 2 aliphatic heterocycles. The molecular weight excluding hydrogens is 359 g/mol. The molecule has 0 radical (unpaired) electrons. The molecule has 1 fully saturated rings. The fourth-order valence-electron chi connectivity index (χ4n) is 3.90. The molecule has 3 heterocycles. The summed E-state index contributed by atoms with van der Waals surface area (Å²) in [5, 5.41) is 4.98. The molecule has 150 valence electrons. The van der Waals surface area contributed by atoms with E-state index in [1.54, 1.807) is 11.7 Å². The number of anilines is 1. The number of aliphatic imine (C=N–C) groups is 1. The number of likely N-dealkylation sites (N-methyl/N-ethyl adjacent to an activating group) is 1. The number of hydrogen-bond donors (Lipinski definition) is 0. The Labute approximate surface area is 164 Å². The quantitative estimate of drug-likeness (QED) is 0.808. The van der Waals surface area contributed by atoms with Crippen molar-refractivity contribution in [2.45, 2.75) is 25.7 Å². The van der Waals surface area contributed by atoms with Crippen LogP contribution in [0.1, 0.15) is 13.3 Å². The molecule has 8 heteroatoms. The number of fused-ring (bicyclic) bond motifs is 1. The number of rotatable bonds is 4. The van der Waals surface area contributed by atoms with Crippen molar-refractivity contribution in [1.82, 2.24) is 19.6 Å². The molecule has 7 nitrogen and oxygen atoms in total. The zero-order chi connectivity index (χ0) is 19.8. The number of ether oxygens (including phenoxy) is 1. The van der Waals surface area contributed by atoms with Gasteiger partial charge in [-0.3, -0.25) is 9.58 Å². The largest absolute Gasteiger partial charge is 0.478 e. The number of aryl methyl sites for hydroxylation is 1. The number of nitrogens with zero attached hydrogens (tertiary/aromatic N) is 6. The summed E-state index contributed by atoms with van der Waals surface area (Å²) < 4.78 is 22.0. The Morgan fingerprint density at radius 2 is 2.14 bits per heavy atom. The summed E-state index contributed by atoms with van der Waals surface area (Å²) in [4.78, 5) is 11.4. The Kier molecular flexibility index (Phi) is 5.07. The highest BCUT2D eigenvalue weighted by atomic mass is 19.1. The number of halogens is 1. The minimum Gasteiger partial charge on any atom is -0.478 e. The van der Waals surface area contributed by atoms with Crippen LogP contribution in [-0.4, -0.2) is 71.6 Å². The van der Waals surface area contributed by atoms with Gasteiger partial charge in [0.15, 0.2) is 12.1 Å². The van der Waals surface area contributed by atoms with Gasteiger partial charge in [-0.25, -0.2) is 9.38 Å². The minimum atomic E-state index is -0.326. The first-order valence-corrected chi connectivity index (χ1v) is 9.66. The highest BCUT2D eigenvalue weighted by molar-refractivity contribution is 5.90. The molecule has 2 atom stereocenters. The van der Waals surface area contributed by atoms with E-state index in [2.05, 4.69) is 29.0 Å². The molecule has 1 saturated heterocycles. The molecule has 0 saturated carbocycles. The summed E-state index contributed by atoms with van der Waals surface area (Å²) >= 11 is 0. The zero-order valence-electron chi connectivity index (χ0n) is 16.8. The van der Waals surface area contributed by atoms with E-state index in [1.165, 1.54) is 6.07 Å². The van der Waals surface area contributed by atoms with Gasteiger partial charge in [0.25, 0.3) is 0 Å². The van der Waals surface area contributed by atoms with Crippen LogP contribution in [0.2, 0.25) is 0 Å². The number of hydrogen-bond acceptors (Lipinski definition) is 6. The van der Waals surface area contributed by atoms with Gasteiger partial charge in [-0.1, -0.05) is 0 Å². The van der Waals surface area contributed by atoms with Gasteiger partial charge < -0.3 is 14.5 Å². The molecule has 0 N–H and O–H groups in total. The van der Waals surface area contributed by atoms with Gasteiger partial charge in [-0.05, 0) is 39.6 Å². The van der Waals surface area contributed by atoms with Crippen molar-refractivity contribution in [3.05, 3.63) is 36.4 Å². The normalized spacial score (nSPS) is 23.1. The maximum atomic E-state index is 14.7. The smallest absolute Gasteiger partial charge is 0.213 e. The molecule has 0 bridgehead atoms. The summed E-state index contributed by atoms with van der Waals surface area (Å²) in [6, 6.07) is 3.98. The molecule has 2 aromatic rings. The lowest BCUT2D eigenvalue weighted by molar-refractivity contribution is 0.215. The minimum absolute atomic E-state index is 0.259. The van der Waals surface area contributed by atoms with Crippen molar-refractivity contribution in [2.24, 2.45) is 12.0 Å². The molecule has 28 heavy (non-hydrogen) atoms. The van der Waals surface area contributed by atoms with Crippen LogP contribution in [0, 0.1) is 5.82 Å². The van der Waals surface area contributed by atoms with E-state index in [1.807, 2.05) is 36.4 Å². The standard InChI is InChI=1S/C20H27FN6O/c1-5-28-18-7-9-27(20(22-18)26-8-6-15(13-26)24(2)3)16-10-14-12-25(4)23-19(14)17(21)11-16/h7,9-12,15,20H,5-6,8,13H2,1-4H3/t15?,20-/m0/s1. The third-order valence-corrected chi connectivity index (χ3v) is 5.37. The highest BCUT2D eigenvalue weighted by Crippen LogP contribution is 2.30. The van der Waals surface area contributed by atoms with Gasteiger partial charge in [0.05, 0.1) is 6.61 Å². The van der Waals surface area contributed by atoms with Crippen molar-refractivity contribution in [3.8, 4) is 0 Å². The summed E-state index contributed by atoms with van der Waals surface area (Å²) in [5.74, 6) is 0.285. The molecule has 0 spiro atoms. The number of likely N-dealkylation sites (tertiary alicyclic amines) is 1. The van der Waals surface area contributed by atoms with Gasteiger partial charge in [0, 0.05) is 55.7 Å². The van der Waals surface area contributed by atoms with Crippen LogP contribution in [0.4, 0.5) is 10.1 Å². The Bertz CT molecular complexity index is 921. The molecule has 1 aromatic carbocycles. The number of aromatic nitrogens is 2. The molecule has 1 unspecified atom stereocenters. The molecule has 2 aliphatic rings. The lowest BCUT2D eigenvalue weighted by Crippen LogP contribution is -2.47. The molecule has 0 amide bonds. The van der Waals surface area contributed by atoms with Crippen LogP contribution in [-0.2, 0) is 11.8 Å². The van der Waals surface area contributed by atoms with Crippen molar-refractivity contribution in [3.63, 3.8) is 0 Å². The van der Waals surface area contributed by atoms with E-state index in [0.717, 1.165) is 30.6 Å².